The lowest BCUT2D eigenvalue weighted by Gasteiger charge is -2.22. The summed E-state index contributed by atoms with van der Waals surface area (Å²) in [7, 11) is 0. The summed E-state index contributed by atoms with van der Waals surface area (Å²) in [6.07, 6.45) is 1.18. The van der Waals surface area contributed by atoms with Crippen LogP contribution in [0.5, 0.6) is 0 Å². The standard InChI is InChI=1S/C10H18O2/c1-9(2,3)6-8(12)10(4,5)7-11/h7H,6H2,1-5H3. The predicted molar refractivity (Wildman–Crippen MR) is 48.9 cm³/mol. The molecular weight excluding hydrogens is 152 g/mol. The normalized spacial score (nSPS) is 12.8. The average molecular weight is 170 g/mol. The fourth-order valence-corrected chi connectivity index (χ4v) is 0.775. The second-order valence-electron chi connectivity index (χ2n) is 5.00. The maximum atomic E-state index is 11.5. The molecule has 0 N–H and O–H groups in total. The number of hydrogen-bond acceptors (Lipinski definition) is 2. The number of Topliss-reactive ketones (excluding diaryl/α,β-unsaturated/α-hetero) is 1. The van der Waals surface area contributed by atoms with Gasteiger partial charge in [0.25, 0.3) is 0 Å². The van der Waals surface area contributed by atoms with Crippen LogP contribution in [-0.2, 0) is 9.59 Å². The van der Waals surface area contributed by atoms with E-state index in [1.807, 2.05) is 20.8 Å². The summed E-state index contributed by atoms with van der Waals surface area (Å²) in [6, 6.07) is 0. The lowest BCUT2D eigenvalue weighted by atomic mass is 9.80. The third-order valence-electron chi connectivity index (χ3n) is 1.70. The van der Waals surface area contributed by atoms with Gasteiger partial charge < -0.3 is 4.79 Å². The average Bonchev–Trinajstić information content (AvgIpc) is 1.84. The van der Waals surface area contributed by atoms with Crippen LogP contribution in [0.3, 0.4) is 0 Å². The van der Waals surface area contributed by atoms with E-state index in [2.05, 4.69) is 0 Å². The molecule has 0 aliphatic rings. The molecule has 0 amide bonds. The SMILES string of the molecule is CC(C)(C)CC(=O)C(C)(C)C=O. The molecule has 0 heterocycles. The highest BCUT2D eigenvalue weighted by Gasteiger charge is 2.29. The number of rotatable bonds is 3. The quantitative estimate of drug-likeness (QED) is 0.480. The van der Waals surface area contributed by atoms with Crippen molar-refractivity contribution in [1.29, 1.82) is 0 Å². The van der Waals surface area contributed by atoms with Crippen molar-refractivity contribution in [2.24, 2.45) is 10.8 Å². The van der Waals surface area contributed by atoms with Gasteiger partial charge in [0.1, 0.15) is 12.1 Å². The first-order valence-corrected chi connectivity index (χ1v) is 4.19. The predicted octanol–water partition coefficient (Wildman–Crippen LogP) is 2.22. The number of aldehydes is 1. The first-order valence-electron chi connectivity index (χ1n) is 4.19. The van der Waals surface area contributed by atoms with E-state index in [1.54, 1.807) is 13.8 Å². The lowest BCUT2D eigenvalue weighted by molar-refractivity contribution is -0.133. The summed E-state index contributed by atoms with van der Waals surface area (Å²) in [5.74, 6) is 0.0185. The highest BCUT2D eigenvalue weighted by molar-refractivity contribution is 5.97. The van der Waals surface area contributed by atoms with E-state index in [9.17, 15) is 9.59 Å². The van der Waals surface area contributed by atoms with Crippen LogP contribution < -0.4 is 0 Å². The van der Waals surface area contributed by atoms with E-state index in [-0.39, 0.29) is 11.2 Å². The Kier molecular flexibility index (Phi) is 3.19. The lowest BCUT2D eigenvalue weighted by Crippen LogP contribution is -2.29. The van der Waals surface area contributed by atoms with Crippen molar-refractivity contribution >= 4 is 12.1 Å². The summed E-state index contributed by atoms with van der Waals surface area (Å²) in [6.45, 7) is 9.30. The van der Waals surface area contributed by atoms with Crippen LogP contribution in [0.4, 0.5) is 0 Å². The molecule has 0 aromatic heterocycles. The Morgan fingerprint density at radius 3 is 1.83 bits per heavy atom. The molecule has 0 unspecified atom stereocenters. The highest BCUT2D eigenvalue weighted by atomic mass is 16.1. The smallest absolute Gasteiger partial charge is 0.146 e. The minimum Gasteiger partial charge on any atom is -0.302 e. The van der Waals surface area contributed by atoms with Crippen LogP contribution in [-0.4, -0.2) is 12.1 Å². The van der Waals surface area contributed by atoms with Crippen molar-refractivity contribution in [1.82, 2.24) is 0 Å². The zero-order valence-corrected chi connectivity index (χ0v) is 8.60. The van der Waals surface area contributed by atoms with Gasteiger partial charge in [-0.25, -0.2) is 0 Å². The summed E-state index contributed by atoms with van der Waals surface area (Å²) < 4.78 is 0. The zero-order valence-electron chi connectivity index (χ0n) is 8.60. The summed E-state index contributed by atoms with van der Waals surface area (Å²) in [5.41, 5.74) is -0.843. The van der Waals surface area contributed by atoms with Gasteiger partial charge in [0.15, 0.2) is 0 Å². The summed E-state index contributed by atoms with van der Waals surface area (Å²) in [4.78, 5) is 22.0. The Bertz CT molecular complexity index is 185. The molecule has 0 saturated heterocycles. The first kappa shape index (κ1) is 11.3. The van der Waals surface area contributed by atoms with E-state index >= 15 is 0 Å². The topological polar surface area (TPSA) is 34.1 Å². The van der Waals surface area contributed by atoms with Crippen LogP contribution >= 0.6 is 0 Å². The van der Waals surface area contributed by atoms with Gasteiger partial charge in [0, 0.05) is 6.42 Å². The van der Waals surface area contributed by atoms with Gasteiger partial charge in [-0.1, -0.05) is 20.8 Å². The monoisotopic (exact) mass is 170 g/mol. The molecule has 0 radical (unpaired) electrons. The third-order valence-corrected chi connectivity index (χ3v) is 1.70. The molecule has 0 aliphatic heterocycles. The molecule has 0 spiro atoms. The van der Waals surface area contributed by atoms with Crippen molar-refractivity contribution in [2.45, 2.75) is 41.0 Å². The minimum absolute atomic E-state index is 0.0185. The number of carbonyl (C=O) groups excluding carboxylic acids is 2. The van der Waals surface area contributed by atoms with Gasteiger partial charge in [0.2, 0.25) is 0 Å². The fraction of sp³-hybridized carbons (Fsp3) is 0.800. The maximum absolute atomic E-state index is 11.5. The molecule has 0 aromatic rings. The Balaban J connectivity index is 4.33. The van der Waals surface area contributed by atoms with E-state index in [1.165, 1.54) is 0 Å². The molecule has 0 fully saturated rings. The molecule has 2 heteroatoms. The van der Waals surface area contributed by atoms with Crippen molar-refractivity contribution < 1.29 is 9.59 Å². The molecule has 0 rings (SSSR count). The van der Waals surface area contributed by atoms with Gasteiger partial charge in [0.05, 0.1) is 5.41 Å². The van der Waals surface area contributed by atoms with Crippen LogP contribution in [0, 0.1) is 10.8 Å². The summed E-state index contributed by atoms with van der Waals surface area (Å²) in [5, 5.41) is 0. The molecule has 2 nitrogen and oxygen atoms in total. The van der Waals surface area contributed by atoms with Crippen molar-refractivity contribution in [3.63, 3.8) is 0 Å². The summed E-state index contributed by atoms with van der Waals surface area (Å²) >= 11 is 0. The van der Waals surface area contributed by atoms with Crippen molar-refractivity contribution in [3.8, 4) is 0 Å². The second kappa shape index (κ2) is 3.38. The van der Waals surface area contributed by atoms with E-state index < -0.39 is 5.41 Å². The largest absolute Gasteiger partial charge is 0.302 e. The van der Waals surface area contributed by atoms with Gasteiger partial charge in [-0.15, -0.1) is 0 Å². The Morgan fingerprint density at radius 2 is 1.58 bits per heavy atom. The van der Waals surface area contributed by atoms with E-state index in [0.29, 0.717) is 6.42 Å². The van der Waals surface area contributed by atoms with E-state index in [0.717, 1.165) is 6.29 Å². The van der Waals surface area contributed by atoms with Gasteiger partial charge in [-0.05, 0) is 19.3 Å². The van der Waals surface area contributed by atoms with Gasteiger partial charge in [-0.3, -0.25) is 4.79 Å². The molecule has 70 valence electrons. The number of carbonyl (C=O) groups is 2. The number of hydrogen-bond donors (Lipinski definition) is 0. The van der Waals surface area contributed by atoms with Crippen molar-refractivity contribution in [3.05, 3.63) is 0 Å². The Morgan fingerprint density at radius 1 is 1.17 bits per heavy atom. The molecule has 0 aliphatic carbocycles. The van der Waals surface area contributed by atoms with Crippen LogP contribution in [0.15, 0.2) is 0 Å². The minimum atomic E-state index is -0.812. The zero-order chi connectivity index (χ0) is 9.99. The van der Waals surface area contributed by atoms with Gasteiger partial charge >= 0.3 is 0 Å². The molecule has 0 bridgehead atoms. The first-order chi connectivity index (χ1) is 5.19. The van der Waals surface area contributed by atoms with Crippen LogP contribution in [0.25, 0.3) is 0 Å². The Labute approximate surface area is 74.3 Å². The van der Waals surface area contributed by atoms with Gasteiger partial charge in [-0.2, -0.15) is 0 Å². The molecule has 0 saturated carbocycles. The molecular formula is C10H18O2. The molecule has 0 aromatic carbocycles. The van der Waals surface area contributed by atoms with Crippen molar-refractivity contribution in [2.75, 3.05) is 0 Å². The number of ketones is 1. The molecule has 12 heavy (non-hydrogen) atoms. The maximum Gasteiger partial charge on any atom is 0.146 e. The fourth-order valence-electron chi connectivity index (χ4n) is 0.775. The molecule has 0 atom stereocenters. The van der Waals surface area contributed by atoms with Crippen LogP contribution in [0.2, 0.25) is 0 Å². The second-order valence-corrected chi connectivity index (χ2v) is 5.00. The van der Waals surface area contributed by atoms with E-state index in [4.69, 9.17) is 0 Å². The Hall–Kier alpha value is -0.660. The highest BCUT2D eigenvalue weighted by Crippen LogP contribution is 2.25. The third kappa shape index (κ3) is 3.65. The van der Waals surface area contributed by atoms with Crippen LogP contribution in [0.1, 0.15) is 41.0 Å².